The Balaban J connectivity index is 2.44. The first kappa shape index (κ1) is 17.4. The van der Waals surface area contributed by atoms with Crippen LogP contribution in [0.25, 0.3) is 0 Å². The molecule has 0 spiro atoms. The Morgan fingerprint density at radius 2 is 2.17 bits per heavy atom. The molecule has 1 aliphatic rings. The number of nitrogens with one attached hydrogen (secondary N) is 3. The van der Waals surface area contributed by atoms with Crippen LogP contribution in [0.1, 0.15) is 32.4 Å². The molecule has 0 aromatic heterocycles. The number of quaternary nitrogens is 1. The van der Waals surface area contributed by atoms with Gasteiger partial charge >= 0.3 is 5.97 Å². The number of carbonyl (C=O) groups is 1. The molecule has 0 aliphatic carbocycles. The number of ether oxygens (including phenoxy) is 1. The van der Waals surface area contributed by atoms with Crippen molar-refractivity contribution in [2.24, 2.45) is 0 Å². The van der Waals surface area contributed by atoms with Gasteiger partial charge in [0.1, 0.15) is 0 Å². The summed E-state index contributed by atoms with van der Waals surface area (Å²) < 4.78 is 5.29. The maximum absolute atomic E-state index is 12.4. The van der Waals surface area contributed by atoms with Crippen molar-refractivity contribution in [3.63, 3.8) is 0 Å². The first-order valence-electron chi connectivity index (χ1n) is 7.12. The fourth-order valence-electron chi connectivity index (χ4n) is 2.34. The molecule has 0 bridgehead atoms. The summed E-state index contributed by atoms with van der Waals surface area (Å²) in [6.07, 6.45) is -0.261. The Bertz CT molecular complexity index is 658. The van der Waals surface area contributed by atoms with Crippen LogP contribution in [0.5, 0.6) is 0 Å². The van der Waals surface area contributed by atoms with E-state index in [0.29, 0.717) is 21.9 Å². The van der Waals surface area contributed by atoms with Gasteiger partial charge in [-0.25, -0.2) is 10.0 Å². The van der Waals surface area contributed by atoms with Crippen molar-refractivity contribution in [1.29, 1.82) is 0 Å². The van der Waals surface area contributed by atoms with Crippen molar-refractivity contribution < 1.29 is 20.0 Å². The molecular formula is C15H19N3O4S. The summed E-state index contributed by atoms with van der Waals surface area (Å²) in [7, 11) is 0. The third-order valence-electron chi connectivity index (χ3n) is 3.30. The van der Waals surface area contributed by atoms with E-state index in [-0.39, 0.29) is 11.8 Å². The van der Waals surface area contributed by atoms with Gasteiger partial charge in [-0.3, -0.25) is 0 Å². The van der Waals surface area contributed by atoms with Crippen molar-refractivity contribution in [3.05, 3.63) is 46.3 Å². The topological polar surface area (TPSA) is 98.1 Å². The van der Waals surface area contributed by atoms with E-state index >= 15 is 0 Å². The standard InChI is InChI=1S/C15H19N3O4S/c1-8(2)22-14(19)12-9(3)16-15(23)17-13(12)10-5-4-6-11(7-10)18(20)21/h4-8,13,18,20H,1-3H3,(H2,16,17,23). The minimum Gasteiger partial charge on any atom is -0.595 e. The van der Waals surface area contributed by atoms with Gasteiger partial charge in [0.15, 0.2) is 10.8 Å². The lowest BCUT2D eigenvalue weighted by molar-refractivity contribution is -0.991. The maximum Gasteiger partial charge on any atom is 0.338 e. The van der Waals surface area contributed by atoms with E-state index in [1.165, 1.54) is 12.1 Å². The van der Waals surface area contributed by atoms with Gasteiger partial charge in [-0.2, -0.15) is 5.23 Å². The average Bonchev–Trinajstić information content (AvgIpc) is 2.45. The maximum atomic E-state index is 12.4. The van der Waals surface area contributed by atoms with Crippen molar-refractivity contribution in [2.45, 2.75) is 32.9 Å². The summed E-state index contributed by atoms with van der Waals surface area (Å²) in [6.45, 7) is 5.27. The van der Waals surface area contributed by atoms with Gasteiger partial charge in [-0.15, -0.1) is 0 Å². The van der Waals surface area contributed by atoms with Gasteiger partial charge in [-0.05, 0) is 38.6 Å². The molecule has 4 N–H and O–H groups in total. The molecule has 7 nitrogen and oxygen atoms in total. The van der Waals surface area contributed by atoms with Gasteiger partial charge in [-0.1, -0.05) is 12.1 Å². The molecule has 1 aromatic carbocycles. The number of hydrogen-bond donors (Lipinski definition) is 4. The SMILES string of the molecule is CC1=C(C(=O)OC(C)C)C(c2cccc([NH+]([O-])O)c2)NC(=S)N1. The van der Waals surface area contributed by atoms with Gasteiger partial charge in [0.05, 0.1) is 17.7 Å². The second-order valence-electron chi connectivity index (χ2n) is 5.45. The normalized spacial score (nSPS) is 19.2. The zero-order chi connectivity index (χ0) is 17.1. The molecule has 124 valence electrons. The highest BCUT2D eigenvalue weighted by Crippen LogP contribution is 2.28. The highest BCUT2D eigenvalue weighted by atomic mass is 32.1. The Morgan fingerprint density at radius 1 is 1.48 bits per heavy atom. The van der Waals surface area contributed by atoms with Crippen molar-refractivity contribution in [2.75, 3.05) is 0 Å². The minimum absolute atomic E-state index is 0.142. The Morgan fingerprint density at radius 3 is 2.78 bits per heavy atom. The number of hydrogen-bond acceptors (Lipinski definition) is 5. The van der Waals surface area contributed by atoms with E-state index in [1.807, 2.05) is 0 Å². The molecule has 8 heteroatoms. The second kappa shape index (κ2) is 7.05. The van der Waals surface area contributed by atoms with E-state index in [9.17, 15) is 10.0 Å². The van der Waals surface area contributed by atoms with Crippen LogP contribution in [0.2, 0.25) is 0 Å². The van der Waals surface area contributed by atoms with Crippen LogP contribution < -0.4 is 15.9 Å². The van der Waals surface area contributed by atoms with Crippen LogP contribution >= 0.6 is 12.2 Å². The number of carbonyl (C=O) groups excluding carboxylic acids is 1. The van der Waals surface area contributed by atoms with Crippen LogP contribution in [0.15, 0.2) is 35.5 Å². The third-order valence-corrected chi connectivity index (χ3v) is 3.52. The second-order valence-corrected chi connectivity index (χ2v) is 5.86. The van der Waals surface area contributed by atoms with Crippen LogP contribution in [-0.4, -0.2) is 22.4 Å². The van der Waals surface area contributed by atoms with Crippen molar-refractivity contribution in [1.82, 2.24) is 10.6 Å². The molecule has 0 amide bonds. The molecule has 2 atom stereocenters. The average molecular weight is 337 g/mol. The molecule has 2 rings (SSSR count). The predicted molar refractivity (Wildman–Crippen MR) is 87.8 cm³/mol. The predicted octanol–water partition coefficient (Wildman–Crippen LogP) is 0.834. The number of allylic oxidation sites excluding steroid dienone is 1. The lowest BCUT2D eigenvalue weighted by Gasteiger charge is -2.30. The molecule has 0 saturated carbocycles. The fraction of sp³-hybridized carbons (Fsp3) is 0.333. The monoisotopic (exact) mass is 337 g/mol. The summed E-state index contributed by atoms with van der Waals surface area (Å²) in [4.78, 5) is 12.4. The Kier molecular flexibility index (Phi) is 5.32. The zero-order valence-corrected chi connectivity index (χ0v) is 13.9. The van der Waals surface area contributed by atoms with E-state index in [2.05, 4.69) is 10.6 Å². The summed E-state index contributed by atoms with van der Waals surface area (Å²) in [5, 5.41) is 25.5. The number of thiocarbonyl (C=S) groups is 1. The van der Waals surface area contributed by atoms with Crippen LogP contribution in [0.4, 0.5) is 5.69 Å². The van der Waals surface area contributed by atoms with Crippen molar-refractivity contribution >= 4 is 29.0 Å². The number of rotatable bonds is 4. The molecule has 0 fully saturated rings. The largest absolute Gasteiger partial charge is 0.595 e. The minimum atomic E-state index is -1.03. The lowest BCUT2D eigenvalue weighted by Crippen LogP contribution is -2.99. The first-order valence-corrected chi connectivity index (χ1v) is 7.53. The van der Waals surface area contributed by atoms with E-state index in [1.54, 1.807) is 32.9 Å². The molecule has 1 heterocycles. The van der Waals surface area contributed by atoms with Crippen LogP contribution in [0.3, 0.4) is 0 Å². The first-order chi connectivity index (χ1) is 10.8. The van der Waals surface area contributed by atoms with Crippen LogP contribution in [-0.2, 0) is 9.53 Å². The van der Waals surface area contributed by atoms with Gasteiger partial charge in [0, 0.05) is 17.8 Å². The summed E-state index contributed by atoms with van der Waals surface area (Å²) in [5.41, 5.74) is 1.74. The highest BCUT2D eigenvalue weighted by molar-refractivity contribution is 7.80. The van der Waals surface area contributed by atoms with E-state index in [4.69, 9.17) is 22.2 Å². The van der Waals surface area contributed by atoms with Gasteiger partial charge in [0.25, 0.3) is 0 Å². The Labute approximate surface area is 139 Å². The molecule has 2 unspecified atom stereocenters. The molecule has 0 radical (unpaired) electrons. The van der Waals surface area contributed by atoms with E-state index < -0.39 is 17.2 Å². The third kappa shape index (κ3) is 4.05. The Hall–Kier alpha value is -2.00. The number of benzene rings is 1. The molecule has 1 aliphatic heterocycles. The highest BCUT2D eigenvalue weighted by Gasteiger charge is 2.31. The quantitative estimate of drug-likeness (QED) is 0.367. The van der Waals surface area contributed by atoms with Gasteiger partial charge < -0.3 is 20.6 Å². The summed E-state index contributed by atoms with van der Waals surface area (Å²) in [5.74, 6) is -0.467. The lowest BCUT2D eigenvalue weighted by atomic mass is 9.95. The summed E-state index contributed by atoms with van der Waals surface area (Å²) in [6, 6.07) is 5.83. The molecule has 0 saturated heterocycles. The molecule has 1 aromatic rings. The van der Waals surface area contributed by atoms with Crippen molar-refractivity contribution in [3.8, 4) is 0 Å². The fourth-order valence-corrected chi connectivity index (χ4v) is 2.61. The summed E-state index contributed by atoms with van der Waals surface area (Å²) >= 11 is 5.15. The smallest absolute Gasteiger partial charge is 0.338 e. The van der Waals surface area contributed by atoms with E-state index in [0.717, 1.165) is 0 Å². The zero-order valence-electron chi connectivity index (χ0n) is 13.0. The molecular weight excluding hydrogens is 318 g/mol. The van der Waals surface area contributed by atoms with Gasteiger partial charge in [0.2, 0.25) is 0 Å². The molecule has 23 heavy (non-hydrogen) atoms. The van der Waals surface area contributed by atoms with Crippen LogP contribution in [0, 0.1) is 5.21 Å². The number of esters is 1.